The molecule has 2 aromatic carbocycles. The van der Waals surface area contributed by atoms with Crippen molar-refractivity contribution >= 4 is 18.3 Å². The number of amides is 2. The second-order valence-electron chi connectivity index (χ2n) is 10.9. The maximum atomic E-state index is 14.8. The van der Waals surface area contributed by atoms with Crippen molar-refractivity contribution in [3.05, 3.63) is 71.0 Å². The molecule has 3 atom stereocenters. The number of likely N-dealkylation sites (tertiary alicyclic amines) is 1. The van der Waals surface area contributed by atoms with Crippen LogP contribution in [0.4, 0.5) is 9.18 Å². The molecule has 0 aliphatic carbocycles. The van der Waals surface area contributed by atoms with Crippen molar-refractivity contribution in [1.82, 2.24) is 15.1 Å². The van der Waals surface area contributed by atoms with E-state index >= 15 is 0 Å². The van der Waals surface area contributed by atoms with Crippen LogP contribution in [-0.2, 0) is 14.3 Å². The quantitative estimate of drug-likeness (QED) is 0.341. The van der Waals surface area contributed by atoms with Gasteiger partial charge in [-0.1, -0.05) is 42.5 Å². The molecule has 0 spiro atoms. The van der Waals surface area contributed by atoms with Crippen LogP contribution in [0.15, 0.2) is 48.5 Å². The minimum Gasteiger partial charge on any atom is -0.444 e. The zero-order chi connectivity index (χ0) is 28.6. The molecule has 3 rings (SSSR count). The van der Waals surface area contributed by atoms with Crippen LogP contribution in [0.5, 0.6) is 0 Å². The second kappa shape index (κ2) is 13.7. The number of ketones is 1. The van der Waals surface area contributed by atoms with Gasteiger partial charge in [0.25, 0.3) is 0 Å². The maximum absolute atomic E-state index is 14.8. The summed E-state index contributed by atoms with van der Waals surface area (Å²) in [5, 5.41) is 2.70. The molecule has 1 heterocycles. The molecule has 1 aliphatic rings. The van der Waals surface area contributed by atoms with Crippen LogP contribution in [0.25, 0.3) is 0 Å². The molecular formula is C30H40FN3O5. The average molecular weight is 542 g/mol. The Labute approximate surface area is 230 Å². The predicted molar refractivity (Wildman–Crippen MR) is 147 cm³/mol. The zero-order valence-corrected chi connectivity index (χ0v) is 23.5. The summed E-state index contributed by atoms with van der Waals surface area (Å²) in [7, 11) is 1.62. The van der Waals surface area contributed by atoms with Crippen LogP contribution in [0.2, 0.25) is 0 Å². The fourth-order valence-electron chi connectivity index (χ4n) is 5.20. The van der Waals surface area contributed by atoms with Crippen molar-refractivity contribution in [2.24, 2.45) is 5.92 Å². The van der Waals surface area contributed by atoms with Crippen molar-refractivity contribution in [3.63, 3.8) is 0 Å². The highest BCUT2D eigenvalue weighted by atomic mass is 19.1. The van der Waals surface area contributed by atoms with E-state index in [1.165, 1.54) is 6.07 Å². The fraction of sp³-hybridized carbons (Fsp3) is 0.500. The highest BCUT2D eigenvalue weighted by molar-refractivity contribution is 5.98. The van der Waals surface area contributed by atoms with Gasteiger partial charge in [0.2, 0.25) is 6.41 Å². The first-order chi connectivity index (χ1) is 18.6. The summed E-state index contributed by atoms with van der Waals surface area (Å²) in [6, 6.07) is 13.5. The molecule has 9 heteroatoms. The minimum atomic E-state index is -0.648. The van der Waals surface area contributed by atoms with Gasteiger partial charge in [-0.2, -0.15) is 0 Å². The Hall–Kier alpha value is -3.30. The van der Waals surface area contributed by atoms with E-state index in [2.05, 4.69) is 10.2 Å². The van der Waals surface area contributed by atoms with Crippen molar-refractivity contribution in [3.8, 4) is 0 Å². The molecule has 212 valence electrons. The Balaban J connectivity index is 1.98. The van der Waals surface area contributed by atoms with Crippen LogP contribution in [0.3, 0.4) is 0 Å². The number of methoxy groups -OCH3 is 1. The molecule has 1 fully saturated rings. The van der Waals surface area contributed by atoms with Crippen molar-refractivity contribution in [2.45, 2.75) is 45.3 Å². The topological polar surface area (TPSA) is 88.2 Å². The van der Waals surface area contributed by atoms with E-state index in [-0.39, 0.29) is 24.7 Å². The molecule has 0 saturated carbocycles. The highest BCUT2D eigenvalue weighted by Crippen LogP contribution is 2.39. The van der Waals surface area contributed by atoms with E-state index in [1.54, 1.807) is 57.9 Å². The van der Waals surface area contributed by atoms with Gasteiger partial charge >= 0.3 is 6.09 Å². The lowest BCUT2D eigenvalue weighted by molar-refractivity contribution is -0.122. The number of ether oxygens (including phenoxy) is 2. The number of benzene rings is 2. The van der Waals surface area contributed by atoms with Gasteiger partial charge in [0, 0.05) is 57.2 Å². The molecule has 0 aromatic heterocycles. The molecule has 0 unspecified atom stereocenters. The van der Waals surface area contributed by atoms with E-state index in [9.17, 15) is 18.8 Å². The Morgan fingerprint density at radius 2 is 1.85 bits per heavy atom. The summed E-state index contributed by atoms with van der Waals surface area (Å²) < 4.78 is 25.4. The third-order valence-electron chi connectivity index (χ3n) is 7.02. The van der Waals surface area contributed by atoms with E-state index in [1.807, 2.05) is 24.3 Å². The summed E-state index contributed by atoms with van der Waals surface area (Å²) in [6.45, 7) is 9.33. The number of carbonyl (C=O) groups excluding carboxylic acids is 3. The van der Waals surface area contributed by atoms with Crippen LogP contribution < -0.4 is 5.32 Å². The third kappa shape index (κ3) is 8.10. The Bertz CT molecular complexity index is 1120. The predicted octanol–water partition coefficient (Wildman–Crippen LogP) is 4.03. The largest absolute Gasteiger partial charge is 0.444 e. The molecule has 2 amide bonds. The first-order valence-corrected chi connectivity index (χ1v) is 13.3. The van der Waals surface area contributed by atoms with Gasteiger partial charge in [-0.25, -0.2) is 9.18 Å². The van der Waals surface area contributed by atoms with Crippen molar-refractivity contribution in [2.75, 3.05) is 46.4 Å². The molecule has 39 heavy (non-hydrogen) atoms. The average Bonchev–Trinajstić information content (AvgIpc) is 2.90. The maximum Gasteiger partial charge on any atom is 0.407 e. The molecule has 0 radical (unpaired) electrons. The van der Waals surface area contributed by atoms with E-state index in [4.69, 9.17) is 9.47 Å². The normalized spacial score (nSPS) is 19.8. The summed E-state index contributed by atoms with van der Waals surface area (Å²) >= 11 is 0. The number of carbonyl (C=O) groups is 3. The Morgan fingerprint density at radius 1 is 1.13 bits per heavy atom. The SMILES string of the molecule is COCCN1C[C@H](C(=O)c2ccccc2)[C@H](c2cccc(F)c2C)[C@H](N(C=O)CCNC(=O)OC(C)(C)C)C1. The zero-order valence-electron chi connectivity index (χ0n) is 23.5. The number of hydrogen-bond donors (Lipinski definition) is 1. The number of hydrogen-bond acceptors (Lipinski definition) is 6. The number of nitrogens with zero attached hydrogens (tertiary/aromatic N) is 2. The molecule has 8 nitrogen and oxygen atoms in total. The van der Waals surface area contributed by atoms with Gasteiger partial charge in [-0.3, -0.25) is 14.5 Å². The molecule has 1 N–H and O–H groups in total. The smallest absolute Gasteiger partial charge is 0.407 e. The molecule has 1 aliphatic heterocycles. The monoisotopic (exact) mass is 541 g/mol. The summed E-state index contributed by atoms with van der Waals surface area (Å²) in [5.41, 5.74) is 1.08. The number of alkyl carbamates (subject to hydrolysis) is 1. The lowest BCUT2D eigenvalue weighted by Gasteiger charge is -2.47. The van der Waals surface area contributed by atoms with E-state index < -0.39 is 29.6 Å². The molecular weight excluding hydrogens is 501 g/mol. The summed E-state index contributed by atoms with van der Waals surface area (Å²) in [4.78, 5) is 42.4. The second-order valence-corrected chi connectivity index (χ2v) is 10.9. The molecule has 1 saturated heterocycles. The third-order valence-corrected chi connectivity index (χ3v) is 7.02. The standard InChI is InChI=1S/C30H40FN3O5/c1-21-23(12-9-13-25(21)31)27-24(28(36)22-10-7-6-8-11-22)18-33(16-17-38-5)19-26(27)34(20-35)15-14-32-29(37)39-30(2,3)4/h6-13,20,24,26-27H,14-19H2,1-5H3,(H,32,37)/t24-,26+,27-/m0/s1. The number of Topliss-reactive ketones (excluding diaryl/α,β-unsaturated/α-hetero) is 1. The number of halogens is 1. The Morgan fingerprint density at radius 3 is 2.49 bits per heavy atom. The van der Waals surface area contributed by atoms with Crippen LogP contribution in [-0.4, -0.2) is 86.2 Å². The minimum absolute atomic E-state index is 0.0610. The highest BCUT2D eigenvalue weighted by Gasteiger charge is 2.44. The summed E-state index contributed by atoms with van der Waals surface area (Å²) in [6.07, 6.45) is 0.167. The number of nitrogens with one attached hydrogen (secondary N) is 1. The molecule has 2 aromatic rings. The van der Waals surface area contributed by atoms with Crippen molar-refractivity contribution in [1.29, 1.82) is 0 Å². The van der Waals surface area contributed by atoms with Crippen LogP contribution in [0.1, 0.15) is 48.2 Å². The van der Waals surface area contributed by atoms with Crippen LogP contribution in [0, 0.1) is 18.7 Å². The van der Waals surface area contributed by atoms with E-state index in [0.717, 1.165) is 6.41 Å². The van der Waals surface area contributed by atoms with E-state index in [0.29, 0.717) is 42.9 Å². The van der Waals surface area contributed by atoms with Gasteiger partial charge in [0.15, 0.2) is 5.78 Å². The van der Waals surface area contributed by atoms with Crippen LogP contribution >= 0.6 is 0 Å². The van der Waals surface area contributed by atoms with Gasteiger partial charge < -0.3 is 19.7 Å². The van der Waals surface area contributed by atoms with Crippen molar-refractivity contribution < 1.29 is 28.2 Å². The van der Waals surface area contributed by atoms with Gasteiger partial charge in [-0.15, -0.1) is 0 Å². The number of rotatable bonds is 11. The van der Waals surface area contributed by atoms with Gasteiger partial charge in [0.05, 0.1) is 12.6 Å². The first kappa shape index (κ1) is 30.2. The first-order valence-electron chi connectivity index (χ1n) is 13.3. The summed E-state index contributed by atoms with van der Waals surface area (Å²) in [5.74, 6) is -1.42. The lowest BCUT2D eigenvalue weighted by atomic mass is 9.72. The fourth-order valence-corrected chi connectivity index (χ4v) is 5.20. The lowest BCUT2D eigenvalue weighted by Crippen LogP contribution is -2.58. The van der Waals surface area contributed by atoms with Gasteiger partial charge in [0.1, 0.15) is 11.4 Å². The van der Waals surface area contributed by atoms with Gasteiger partial charge in [-0.05, 0) is 44.9 Å². The number of piperidine rings is 1. The molecule has 0 bridgehead atoms. The Kier molecular flexibility index (Phi) is 10.6.